The number of piperidine rings is 1. The van der Waals surface area contributed by atoms with Gasteiger partial charge in [0.05, 0.1) is 0 Å². The minimum absolute atomic E-state index is 0.00985. The highest BCUT2D eigenvalue weighted by molar-refractivity contribution is 5.68. The van der Waals surface area contributed by atoms with E-state index in [-0.39, 0.29) is 17.4 Å². The van der Waals surface area contributed by atoms with Crippen molar-refractivity contribution in [3.63, 3.8) is 0 Å². The van der Waals surface area contributed by atoms with Crippen LogP contribution in [0.25, 0.3) is 0 Å². The number of rotatable bonds is 1. The van der Waals surface area contributed by atoms with Gasteiger partial charge in [-0.3, -0.25) is 4.79 Å². The van der Waals surface area contributed by atoms with Crippen LogP contribution >= 0.6 is 0 Å². The molecule has 5 nitrogen and oxygen atoms in total. The molecule has 1 aromatic heterocycles. The third-order valence-corrected chi connectivity index (χ3v) is 3.51. The van der Waals surface area contributed by atoms with Crippen LogP contribution in [0.15, 0.2) is 16.9 Å². The molecular formula is C16H24N2O3. The average Bonchev–Trinajstić information content (AvgIpc) is 2.36. The first-order chi connectivity index (χ1) is 9.74. The van der Waals surface area contributed by atoms with E-state index in [4.69, 9.17) is 4.74 Å². The lowest BCUT2D eigenvalue weighted by Crippen LogP contribution is -2.42. The monoisotopic (exact) mass is 292 g/mol. The van der Waals surface area contributed by atoms with Gasteiger partial charge in [0.1, 0.15) is 5.60 Å². The van der Waals surface area contributed by atoms with E-state index >= 15 is 0 Å². The van der Waals surface area contributed by atoms with Crippen molar-refractivity contribution in [1.82, 2.24) is 9.88 Å². The molecule has 0 radical (unpaired) electrons. The third kappa shape index (κ3) is 4.34. The fourth-order valence-corrected chi connectivity index (χ4v) is 2.65. The van der Waals surface area contributed by atoms with Crippen LogP contribution in [0.4, 0.5) is 4.79 Å². The number of hydrogen-bond acceptors (Lipinski definition) is 3. The lowest BCUT2D eigenvalue weighted by molar-refractivity contribution is 0.0197. The second-order valence-electron chi connectivity index (χ2n) is 6.72. The number of nitrogens with zero attached hydrogens (tertiary/aromatic N) is 1. The van der Waals surface area contributed by atoms with E-state index in [1.165, 1.54) is 0 Å². The van der Waals surface area contributed by atoms with Crippen molar-refractivity contribution in [2.45, 2.75) is 52.1 Å². The van der Waals surface area contributed by atoms with Gasteiger partial charge in [-0.1, -0.05) is 0 Å². The quantitative estimate of drug-likeness (QED) is 0.865. The zero-order valence-corrected chi connectivity index (χ0v) is 13.2. The number of amides is 1. The number of aromatic nitrogens is 1. The average molecular weight is 292 g/mol. The second-order valence-corrected chi connectivity index (χ2v) is 6.72. The van der Waals surface area contributed by atoms with Gasteiger partial charge in [-0.15, -0.1) is 0 Å². The number of aryl methyl sites for hydroxylation is 1. The third-order valence-electron chi connectivity index (χ3n) is 3.51. The van der Waals surface area contributed by atoms with Crippen LogP contribution < -0.4 is 5.43 Å². The van der Waals surface area contributed by atoms with Gasteiger partial charge < -0.3 is 14.6 Å². The van der Waals surface area contributed by atoms with Crippen molar-refractivity contribution >= 4 is 6.09 Å². The highest BCUT2D eigenvalue weighted by atomic mass is 16.6. The zero-order chi connectivity index (χ0) is 15.6. The molecule has 0 bridgehead atoms. The molecule has 116 valence electrons. The lowest BCUT2D eigenvalue weighted by Gasteiger charge is -2.34. The van der Waals surface area contributed by atoms with Crippen LogP contribution in [0.5, 0.6) is 0 Å². The maximum absolute atomic E-state index is 12.2. The Bertz CT molecular complexity index is 572. The molecule has 1 saturated heterocycles. The molecule has 1 unspecified atom stereocenters. The van der Waals surface area contributed by atoms with Crippen LogP contribution in [0.2, 0.25) is 0 Å². The smallest absolute Gasteiger partial charge is 0.410 e. The Hall–Kier alpha value is -1.78. The molecule has 0 aliphatic carbocycles. The molecule has 2 heterocycles. The van der Waals surface area contributed by atoms with Crippen LogP contribution in [0, 0.1) is 6.92 Å². The Labute approximate surface area is 125 Å². The van der Waals surface area contributed by atoms with Gasteiger partial charge in [0.15, 0.2) is 5.43 Å². The van der Waals surface area contributed by atoms with Crippen LogP contribution in [0.1, 0.15) is 50.9 Å². The first-order valence-corrected chi connectivity index (χ1v) is 7.43. The first kappa shape index (κ1) is 15.6. The summed E-state index contributed by atoms with van der Waals surface area (Å²) in [4.78, 5) is 28.8. The lowest BCUT2D eigenvalue weighted by atomic mass is 9.94. The van der Waals surface area contributed by atoms with Crippen molar-refractivity contribution in [1.29, 1.82) is 0 Å². The molecule has 1 N–H and O–H groups in total. The number of aromatic amines is 1. The van der Waals surface area contributed by atoms with Gasteiger partial charge in [-0.2, -0.15) is 0 Å². The Balaban J connectivity index is 2.10. The highest BCUT2D eigenvalue weighted by Gasteiger charge is 2.28. The number of likely N-dealkylation sites (tertiary alicyclic amines) is 1. The van der Waals surface area contributed by atoms with E-state index in [0.29, 0.717) is 13.1 Å². The molecule has 1 fully saturated rings. The Kier molecular flexibility index (Phi) is 4.40. The molecule has 21 heavy (non-hydrogen) atoms. The molecular weight excluding hydrogens is 268 g/mol. The number of carbonyl (C=O) groups is 1. The van der Waals surface area contributed by atoms with Gasteiger partial charge in [0, 0.05) is 42.5 Å². The fraction of sp³-hybridized carbons (Fsp3) is 0.625. The van der Waals surface area contributed by atoms with Gasteiger partial charge in [-0.05, 0) is 40.5 Å². The Morgan fingerprint density at radius 1 is 1.38 bits per heavy atom. The van der Waals surface area contributed by atoms with Gasteiger partial charge >= 0.3 is 6.09 Å². The molecule has 1 amide bonds. The number of nitrogens with one attached hydrogen (secondary N) is 1. The molecule has 2 rings (SSSR count). The SMILES string of the molecule is Cc1cc(=O)cc(C2CCCN(C(=O)OC(C)(C)C)C2)[nH]1. The maximum atomic E-state index is 12.2. The molecule has 0 aromatic carbocycles. The van der Waals surface area contributed by atoms with Crippen molar-refractivity contribution in [2.75, 3.05) is 13.1 Å². The second kappa shape index (κ2) is 5.92. The Morgan fingerprint density at radius 3 is 2.71 bits per heavy atom. The summed E-state index contributed by atoms with van der Waals surface area (Å²) in [5.74, 6) is 0.166. The number of hydrogen-bond donors (Lipinski definition) is 1. The van der Waals surface area contributed by atoms with E-state index in [9.17, 15) is 9.59 Å². The van der Waals surface area contributed by atoms with Gasteiger partial charge in [0.2, 0.25) is 0 Å². The van der Waals surface area contributed by atoms with Crippen molar-refractivity contribution in [3.8, 4) is 0 Å². The summed E-state index contributed by atoms with van der Waals surface area (Å²) in [6.45, 7) is 8.77. The number of H-pyrrole nitrogens is 1. The van der Waals surface area contributed by atoms with Gasteiger partial charge in [-0.25, -0.2) is 4.79 Å². The van der Waals surface area contributed by atoms with Crippen LogP contribution in [0.3, 0.4) is 0 Å². The first-order valence-electron chi connectivity index (χ1n) is 7.43. The largest absolute Gasteiger partial charge is 0.444 e. The summed E-state index contributed by atoms with van der Waals surface area (Å²) < 4.78 is 5.42. The molecule has 1 aliphatic rings. The number of carbonyl (C=O) groups excluding carboxylic acids is 1. The summed E-state index contributed by atoms with van der Waals surface area (Å²) in [6.07, 6.45) is 1.61. The van der Waals surface area contributed by atoms with E-state index in [2.05, 4.69) is 4.98 Å². The van der Waals surface area contributed by atoms with E-state index < -0.39 is 5.60 Å². The van der Waals surface area contributed by atoms with E-state index in [0.717, 1.165) is 24.2 Å². The summed E-state index contributed by atoms with van der Waals surface area (Å²) in [5, 5.41) is 0. The molecule has 5 heteroatoms. The van der Waals surface area contributed by atoms with Crippen LogP contribution in [-0.4, -0.2) is 34.7 Å². The standard InChI is InChI=1S/C16H24N2O3/c1-11-8-13(19)9-14(17-11)12-6-5-7-18(10-12)15(20)21-16(2,3)4/h8-9,12H,5-7,10H2,1-4H3,(H,17,19). The predicted octanol–water partition coefficient (Wildman–Crippen LogP) is 2.80. The normalized spacial score (nSPS) is 19.4. The summed E-state index contributed by atoms with van der Waals surface area (Å²) >= 11 is 0. The molecule has 1 aliphatic heterocycles. The minimum atomic E-state index is -0.484. The summed E-state index contributed by atoms with van der Waals surface area (Å²) in [7, 11) is 0. The molecule has 0 spiro atoms. The highest BCUT2D eigenvalue weighted by Crippen LogP contribution is 2.26. The zero-order valence-electron chi connectivity index (χ0n) is 13.2. The molecule has 1 aromatic rings. The van der Waals surface area contributed by atoms with Crippen LogP contribution in [-0.2, 0) is 4.74 Å². The van der Waals surface area contributed by atoms with Crippen molar-refractivity contribution < 1.29 is 9.53 Å². The van der Waals surface area contributed by atoms with Gasteiger partial charge in [0.25, 0.3) is 0 Å². The summed E-state index contributed by atoms with van der Waals surface area (Å²) in [5.41, 5.74) is 1.29. The Morgan fingerprint density at radius 2 is 2.10 bits per heavy atom. The summed E-state index contributed by atoms with van der Waals surface area (Å²) in [6, 6.07) is 3.22. The molecule has 0 saturated carbocycles. The topological polar surface area (TPSA) is 62.4 Å². The van der Waals surface area contributed by atoms with Crippen molar-refractivity contribution in [2.24, 2.45) is 0 Å². The van der Waals surface area contributed by atoms with Crippen molar-refractivity contribution in [3.05, 3.63) is 33.7 Å². The predicted molar refractivity (Wildman–Crippen MR) is 81.6 cm³/mol. The minimum Gasteiger partial charge on any atom is -0.444 e. The number of ether oxygens (including phenoxy) is 1. The van der Waals surface area contributed by atoms with E-state index in [1.54, 1.807) is 17.0 Å². The molecule has 1 atom stereocenters. The van der Waals surface area contributed by atoms with E-state index in [1.807, 2.05) is 27.7 Å². The number of pyridine rings is 1. The fourth-order valence-electron chi connectivity index (χ4n) is 2.65. The maximum Gasteiger partial charge on any atom is 0.410 e.